The number of carbonyl (C=O) groups excluding carboxylic acids is 1. The lowest BCUT2D eigenvalue weighted by molar-refractivity contribution is 0.0907. The highest BCUT2D eigenvalue weighted by Gasteiger charge is 2.18. The second-order valence-corrected chi connectivity index (χ2v) is 6.35. The fourth-order valence-electron chi connectivity index (χ4n) is 3.16. The number of nitrogens with zero attached hydrogens (tertiary/aromatic N) is 4. The van der Waals surface area contributed by atoms with Gasteiger partial charge in [0.2, 0.25) is 5.82 Å². The summed E-state index contributed by atoms with van der Waals surface area (Å²) < 4.78 is 7.06. The number of aryl methyl sites for hydroxylation is 2. The van der Waals surface area contributed by atoms with Crippen molar-refractivity contribution in [3.05, 3.63) is 53.3 Å². The van der Waals surface area contributed by atoms with Crippen LogP contribution in [-0.4, -0.2) is 30.8 Å². The highest BCUT2D eigenvalue weighted by Crippen LogP contribution is 2.21. The number of nitrogens with one attached hydrogen (secondary N) is 2. The number of fused-ring (bicyclic) bond motifs is 1. The Morgan fingerprint density at radius 3 is 2.93 bits per heavy atom. The van der Waals surface area contributed by atoms with Crippen LogP contribution in [0.25, 0.3) is 22.3 Å². The summed E-state index contributed by atoms with van der Waals surface area (Å²) in [4.78, 5) is 19.8. The molecule has 8 heteroatoms. The molecule has 0 unspecified atom stereocenters. The maximum atomic E-state index is 12.4. The number of aromatic nitrogens is 5. The highest BCUT2D eigenvalue weighted by atomic mass is 16.5. The minimum atomic E-state index is -0.405. The number of hydrogen-bond donors (Lipinski definition) is 2. The Morgan fingerprint density at radius 1 is 1.30 bits per heavy atom. The maximum Gasteiger partial charge on any atom is 0.316 e. The first kappa shape index (κ1) is 17.0. The molecule has 1 aromatic carbocycles. The predicted molar refractivity (Wildman–Crippen MR) is 100 cm³/mol. The van der Waals surface area contributed by atoms with Crippen LogP contribution in [0.15, 0.2) is 35.0 Å². The molecule has 0 aliphatic heterocycles. The van der Waals surface area contributed by atoms with E-state index in [4.69, 9.17) is 4.52 Å². The minimum absolute atomic E-state index is 0.0604. The van der Waals surface area contributed by atoms with Gasteiger partial charge in [0.1, 0.15) is 0 Å². The standard InChI is InChI=1S/C19H20N6O2/c1-4-25-12(3)15(11(2)23-25)10-21-18(26)19-22-17(24-27-19)14-6-5-13-7-8-20-16(13)9-14/h5-9,20H,4,10H2,1-3H3,(H,21,26). The normalized spacial score (nSPS) is 11.2. The summed E-state index contributed by atoms with van der Waals surface area (Å²) in [6.45, 7) is 7.11. The van der Waals surface area contributed by atoms with Crippen molar-refractivity contribution < 1.29 is 9.32 Å². The van der Waals surface area contributed by atoms with Gasteiger partial charge in [0, 0.05) is 41.6 Å². The van der Waals surface area contributed by atoms with E-state index in [0.29, 0.717) is 12.4 Å². The molecule has 27 heavy (non-hydrogen) atoms. The van der Waals surface area contributed by atoms with Crippen molar-refractivity contribution >= 4 is 16.8 Å². The van der Waals surface area contributed by atoms with Crippen molar-refractivity contribution in [3.63, 3.8) is 0 Å². The van der Waals surface area contributed by atoms with Crippen molar-refractivity contribution in [2.75, 3.05) is 0 Å². The van der Waals surface area contributed by atoms with Crippen molar-refractivity contribution in [1.29, 1.82) is 0 Å². The molecule has 1 amide bonds. The lowest BCUT2D eigenvalue weighted by Crippen LogP contribution is -2.23. The Kier molecular flexibility index (Phi) is 4.23. The highest BCUT2D eigenvalue weighted by molar-refractivity contribution is 5.90. The van der Waals surface area contributed by atoms with Crippen LogP contribution >= 0.6 is 0 Å². The van der Waals surface area contributed by atoms with Gasteiger partial charge in [-0.15, -0.1) is 0 Å². The number of H-pyrrole nitrogens is 1. The lowest BCUT2D eigenvalue weighted by Gasteiger charge is -2.04. The molecule has 0 aliphatic carbocycles. The number of aromatic amines is 1. The van der Waals surface area contributed by atoms with Gasteiger partial charge >= 0.3 is 11.8 Å². The molecular formula is C19H20N6O2. The Bertz CT molecular complexity index is 1120. The van der Waals surface area contributed by atoms with Crippen LogP contribution in [0.2, 0.25) is 0 Å². The second-order valence-electron chi connectivity index (χ2n) is 6.35. The van der Waals surface area contributed by atoms with E-state index in [-0.39, 0.29) is 5.89 Å². The topological polar surface area (TPSA) is 102 Å². The van der Waals surface area contributed by atoms with Gasteiger partial charge in [0.15, 0.2) is 0 Å². The molecule has 0 aliphatic rings. The van der Waals surface area contributed by atoms with E-state index in [9.17, 15) is 4.79 Å². The molecule has 2 N–H and O–H groups in total. The van der Waals surface area contributed by atoms with E-state index < -0.39 is 5.91 Å². The van der Waals surface area contributed by atoms with Gasteiger partial charge in [-0.2, -0.15) is 10.1 Å². The Balaban J connectivity index is 1.49. The van der Waals surface area contributed by atoms with E-state index in [2.05, 4.69) is 25.5 Å². The molecule has 8 nitrogen and oxygen atoms in total. The number of hydrogen-bond acceptors (Lipinski definition) is 5. The first-order valence-corrected chi connectivity index (χ1v) is 8.79. The third-order valence-electron chi connectivity index (χ3n) is 4.69. The van der Waals surface area contributed by atoms with Crippen molar-refractivity contribution in [2.45, 2.75) is 33.9 Å². The minimum Gasteiger partial charge on any atom is -0.361 e. The van der Waals surface area contributed by atoms with E-state index >= 15 is 0 Å². The van der Waals surface area contributed by atoms with Crippen LogP contribution in [0.3, 0.4) is 0 Å². The fourth-order valence-corrected chi connectivity index (χ4v) is 3.16. The summed E-state index contributed by atoms with van der Waals surface area (Å²) in [5.41, 5.74) is 4.70. The van der Waals surface area contributed by atoms with Gasteiger partial charge < -0.3 is 14.8 Å². The zero-order valence-corrected chi connectivity index (χ0v) is 15.4. The zero-order chi connectivity index (χ0) is 19.0. The van der Waals surface area contributed by atoms with E-state index in [1.54, 1.807) is 0 Å². The van der Waals surface area contributed by atoms with Gasteiger partial charge in [-0.05, 0) is 38.3 Å². The SMILES string of the molecule is CCn1nc(C)c(CNC(=O)c2nc(-c3ccc4cc[nH]c4c3)no2)c1C. The molecule has 0 bridgehead atoms. The summed E-state index contributed by atoms with van der Waals surface area (Å²) in [5.74, 6) is -0.0877. The quantitative estimate of drug-likeness (QED) is 0.567. The largest absolute Gasteiger partial charge is 0.361 e. The zero-order valence-electron chi connectivity index (χ0n) is 15.4. The Labute approximate surface area is 155 Å². The molecule has 3 heterocycles. The van der Waals surface area contributed by atoms with Gasteiger partial charge in [-0.25, -0.2) is 0 Å². The van der Waals surface area contributed by atoms with Crippen molar-refractivity contribution in [3.8, 4) is 11.4 Å². The molecule has 4 aromatic rings. The van der Waals surface area contributed by atoms with Gasteiger partial charge in [-0.3, -0.25) is 9.48 Å². The average Bonchev–Trinajstić information content (AvgIpc) is 3.38. The third-order valence-corrected chi connectivity index (χ3v) is 4.69. The molecule has 0 saturated heterocycles. The lowest BCUT2D eigenvalue weighted by atomic mass is 10.1. The maximum absolute atomic E-state index is 12.4. The van der Waals surface area contributed by atoms with Crippen LogP contribution in [-0.2, 0) is 13.1 Å². The number of rotatable bonds is 5. The molecular weight excluding hydrogens is 344 g/mol. The summed E-state index contributed by atoms with van der Waals surface area (Å²) in [6, 6.07) is 7.77. The van der Waals surface area contributed by atoms with Gasteiger partial charge in [0.25, 0.3) is 0 Å². The number of benzene rings is 1. The average molecular weight is 364 g/mol. The smallest absolute Gasteiger partial charge is 0.316 e. The molecule has 0 spiro atoms. The molecule has 0 radical (unpaired) electrons. The summed E-state index contributed by atoms with van der Waals surface area (Å²) in [7, 11) is 0. The van der Waals surface area contributed by atoms with Crippen LogP contribution in [0.4, 0.5) is 0 Å². The van der Waals surface area contributed by atoms with E-state index in [1.165, 1.54) is 0 Å². The van der Waals surface area contributed by atoms with Crippen LogP contribution in [0.5, 0.6) is 0 Å². The molecule has 0 atom stereocenters. The Hall–Kier alpha value is -3.42. The molecule has 0 fully saturated rings. The monoisotopic (exact) mass is 364 g/mol. The first-order chi connectivity index (χ1) is 13.1. The number of carbonyl (C=O) groups is 1. The summed E-state index contributed by atoms with van der Waals surface area (Å²) in [6.07, 6.45) is 1.87. The van der Waals surface area contributed by atoms with Gasteiger partial charge in [-0.1, -0.05) is 17.3 Å². The summed E-state index contributed by atoms with van der Waals surface area (Å²) >= 11 is 0. The Morgan fingerprint density at radius 2 is 2.15 bits per heavy atom. The van der Waals surface area contributed by atoms with Crippen molar-refractivity contribution in [1.82, 2.24) is 30.2 Å². The third kappa shape index (κ3) is 3.10. The molecule has 138 valence electrons. The first-order valence-electron chi connectivity index (χ1n) is 8.79. The number of amides is 1. The van der Waals surface area contributed by atoms with E-state index in [1.807, 2.05) is 55.9 Å². The predicted octanol–water partition coefficient (Wildman–Crippen LogP) is 2.98. The van der Waals surface area contributed by atoms with Crippen LogP contribution in [0.1, 0.15) is 34.6 Å². The van der Waals surface area contributed by atoms with Crippen molar-refractivity contribution in [2.24, 2.45) is 0 Å². The molecule has 4 rings (SSSR count). The van der Waals surface area contributed by atoms with Crippen LogP contribution in [0, 0.1) is 13.8 Å². The fraction of sp³-hybridized carbons (Fsp3) is 0.263. The van der Waals surface area contributed by atoms with E-state index in [0.717, 1.165) is 40.0 Å². The second kappa shape index (κ2) is 6.71. The molecule has 0 saturated carbocycles. The van der Waals surface area contributed by atoms with Crippen LogP contribution < -0.4 is 5.32 Å². The van der Waals surface area contributed by atoms with Gasteiger partial charge in [0.05, 0.1) is 5.69 Å². The summed E-state index contributed by atoms with van der Waals surface area (Å²) in [5, 5.41) is 12.3. The molecule has 3 aromatic heterocycles.